The Bertz CT molecular complexity index is 637. The summed E-state index contributed by atoms with van der Waals surface area (Å²) < 4.78 is 5.26. The molecule has 1 aliphatic rings. The first-order valence-electron chi connectivity index (χ1n) is 9.53. The van der Waals surface area contributed by atoms with Gasteiger partial charge in [-0.2, -0.15) is 0 Å². The minimum absolute atomic E-state index is 0.160. The third-order valence-electron chi connectivity index (χ3n) is 3.89. The molecule has 1 fully saturated rings. The molecule has 5 nitrogen and oxygen atoms in total. The Morgan fingerprint density at radius 3 is 1.64 bits per heavy atom. The van der Waals surface area contributed by atoms with E-state index < -0.39 is 0 Å². The van der Waals surface area contributed by atoms with Gasteiger partial charge >= 0.3 is 6.09 Å². The van der Waals surface area contributed by atoms with Crippen LogP contribution in [0.25, 0.3) is 11.1 Å². The number of carbonyl (C=O) groups excluding carboxylic acids is 1. The van der Waals surface area contributed by atoms with Crippen molar-refractivity contribution in [2.45, 2.75) is 45.6 Å². The summed E-state index contributed by atoms with van der Waals surface area (Å²) in [5, 5.41) is 6.89. The molecule has 0 aromatic heterocycles. The number of hydrogen-bond donors (Lipinski definition) is 1. The molecule has 0 saturated carbocycles. The van der Waals surface area contributed by atoms with Gasteiger partial charge in [-0.15, -0.1) is 0 Å². The van der Waals surface area contributed by atoms with Crippen molar-refractivity contribution in [3.63, 3.8) is 0 Å². The summed E-state index contributed by atoms with van der Waals surface area (Å²) in [5.41, 5.74) is 2.19. The van der Waals surface area contributed by atoms with Gasteiger partial charge in [0, 0.05) is 13.1 Å². The van der Waals surface area contributed by atoms with Crippen LogP contribution in [0.3, 0.4) is 0 Å². The van der Waals surface area contributed by atoms with Crippen LogP contribution in [0.15, 0.2) is 60.7 Å². The summed E-state index contributed by atoms with van der Waals surface area (Å²) in [6.45, 7) is 7.16. The molecule has 152 valence electrons. The normalized spacial score (nSPS) is 13.2. The molecule has 1 amide bonds. The van der Waals surface area contributed by atoms with Gasteiger partial charge in [0.1, 0.15) is 5.60 Å². The molecule has 3 rings (SSSR count). The van der Waals surface area contributed by atoms with Crippen LogP contribution in [-0.2, 0) is 9.53 Å². The van der Waals surface area contributed by atoms with E-state index in [1.807, 2.05) is 32.9 Å². The summed E-state index contributed by atoms with van der Waals surface area (Å²) in [6.07, 6.45) is 3.30. The van der Waals surface area contributed by atoms with Crippen molar-refractivity contribution in [2.75, 3.05) is 13.1 Å². The monoisotopic (exact) mass is 385 g/mol. The first kappa shape index (κ1) is 23.2. The first-order chi connectivity index (χ1) is 13.4. The maximum absolute atomic E-state index is 11.5. The maximum Gasteiger partial charge on any atom is 0.410 e. The van der Waals surface area contributed by atoms with Crippen LogP contribution in [0, 0.1) is 0 Å². The van der Waals surface area contributed by atoms with E-state index in [1.165, 1.54) is 17.5 Å². The summed E-state index contributed by atoms with van der Waals surface area (Å²) in [7, 11) is 0. The van der Waals surface area contributed by atoms with Crippen molar-refractivity contribution in [1.29, 1.82) is 0 Å². The van der Waals surface area contributed by atoms with Crippen molar-refractivity contribution in [1.82, 2.24) is 4.90 Å². The topological polar surface area (TPSA) is 66.8 Å². The Hall–Kier alpha value is -2.82. The molecule has 2 aromatic rings. The molecule has 0 unspecified atom stereocenters. The van der Waals surface area contributed by atoms with Gasteiger partial charge in [-0.1, -0.05) is 60.7 Å². The second-order valence-corrected chi connectivity index (χ2v) is 7.37. The highest BCUT2D eigenvalue weighted by Crippen LogP contribution is 2.17. The van der Waals surface area contributed by atoms with E-state index in [0.29, 0.717) is 0 Å². The lowest BCUT2D eigenvalue weighted by Gasteiger charge is -2.29. The molecular formula is C23H31NO4. The molecule has 0 atom stereocenters. The summed E-state index contributed by atoms with van der Waals surface area (Å²) >= 11 is 0. The number of rotatable bonds is 1. The van der Waals surface area contributed by atoms with Gasteiger partial charge < -0.3 is 14.7 Å². The second-order valence-electron chi connectivity index (χ2n) is 7.37. The van der Waals surface area contributed by atoms with Gasteiger partial charge in [0.2, 0.25) is 0 Å². The van der Waals surface area contributed by atoms with Crippen LogP contribution < -0.4 is 0 Å². The summed E-state index contributed by atoms with van der Waals surface area (Å²) in [5.74, 6) is 0. The molecule has 1 N–H and O–H groups in total. The Morgan fingerprint density at radius 2 is 1.29 bits per heavy atom. The molecule has 2 aromatic carbocycles. The molecule has 0 radical (unpaired) electrons. The standard InChI is InChI=1S/C12H10.C10H19NO2.CH2O2/c1-3-7-11(8-4-1)12-9-5-2-6-10-12;1-10(2,3)13-9(12)11-7-5-4-6-8-11;2-1-3/h1-10H;4-8H2,1-3H3;1H,(H,2,3). The molecule has 0 aliphatic carbocycles. The van der Waals surface area contributed by atoms with Gasteiger partial charge in [0.05, 0.1) is 0 Å². The number of hydrogen-bond acceptors (Lipinski definition) is 3. The van der Waals surface area contributed by atoms with Crippen molar-refractivity contribution in [3.8, 4) is 11.1 Å². The van der Waals surface area contributed by atoms with E-state index in [2.05, 4.69) is 48.5 Å². The minimum Gasteiger partial charge on any atom is -0.483 e. The van der Waals surface area contributed by atoms with Crippen molar-refractivity contribution >= 4 is 12.6 Å². The average Bonchev–Trinajstić information content (AvgIpc) is 2.70. The largest absolute Gasteiger partial charge is 0.483 e. The average molecular weight is 386 g/mol. The van der Waals surface area contributed by atoms with E-state index in [0.717, 1.165) is 25.9 Å². The van der Waals surface area contributed by atoms with E-state index in [-0.39, 0.29) is 18.2 Å². The highest BCUT2D eigenvalue weighted by Gasteiger charge is 2.22. The van der Waals surface area contributed by atoms with Crippen LogP contribution in [0.1, 0.15) is 40.0 Å². The van der Waals surface area contributed by atoms with Crippen LogP contribution in [0.4, 0.5) is 4.79 Å². The zero-order valence-corrected chi connectivity index (χ0v) is 17.0. The highest BCUT2D eigenvalue weighted by atomic mass is 16.6. The Labute approximate surface area is 167 Å². The van der Waals surface area contributed by atoms with E-state index in [9.17, 15) is 4.79 Å². The number of amides is 1. The number of ether oxygens (including phenoxy) is 1. The molecule has 1 heterocycles. The zero-order chi connectivity index (χ0) is 20.8. The number of nitrogens with zero attached hydrogens (tertiary/aromatic N) is 1. The van der Waals surface area contributed by atoms with Crippen molar-refractivity contribution in [2.24, 2.45) is 0 Å². The van der Waals surface area contributed by atoms with Crippen molar-refractivity contribution in [3.05, 3.63) is 60.7 Å². The van der Waals surface area contributed by atoms with Gasteiger partial charge in [0.15, 0.2) is 0 Å². The van der Waals surface area contributed by atoms with Gasteiger partial charge in [-0.25, -0.2) is 4.79 Å². The smallest absolute Gasteiger partial charge is 0.410 e. The third-order valence-corrected chi connectivity index (χ3v) is 3.89. The number of carbonyl (C=O) groups is 2. The highest BCUT2D eigenvalue weighted by molar-refractivity contribution is 5.68. The molecule has 1 saturated heterocycles. The lowest BCUT2D eigenvalue weighted by molar-refractivity contribution is -0.122. The number of benzene rings is 2. The molecule has 0 spiro atoms. The first-order valence-corrected chi connectivity index (χ1v) is 9.53. The van der Waals surface area contributed by atoms with Crippen LogP contribution in [-0.4, -0.2) is 41.3 Å². The van der Waals surface area contributed by atoms with E-state index >= 15 is 0 Å². The molecule has 5 heteroatoms. The van der Waals surface area contributed by atoms with E-state index in [1.54, 1.807) is 4.90 Å². The SMILES string of the molecule is CC(C)(C)OC(=O)N1CCCCC1.O=CO.c1ccc(-c2ccccc2)cc1. The number of piperidine rings is 1. The Morgan fingerprint density at radius 1 is 0.893 bits per heavy atom. The predicted octanol–water partition coefficient (Wildman–Crippen LogP) is 5.46. The summed E-state index contributed by atoms with van der Waals surface area (Å²) in [6, 6.07) is 20.8. The predicted molar refractivity (Wildman–Crippen MR) is 112 cm³/mol. The third kappa shape index (κ3) is 9.76. The van der Waals surface area contributed by atoms with Gasteiger partial charge in [-0.05, 0) is 51.2 Å². The number of carboxylic acid groups (broad SMARTS) is 1. The van der Waals surface area contributed by atoms with Crippen LogP contribution in [0.5, 0.6) is 0 Å². The molecule has 1 aliphatic heterocycles. The fraction of sp³-hybridized carbons (Fsp3) is 0.391. The molecule has 28 heavy (non-hydrogen) atoms. The Kier molecular flexibility index (Phi) is 10.4. The quantitative estimate of drug-likeness (QED) is 0.662. The summed E-state index contributed by atoms with van der Waals surface area (Å²) in [4.78, 5) is 21.7. The lowest BCUT2D eigenvalue weighted by atomic mass is 10.1. The number of likely N-dealkylation sites (tertiary alicyclic amines) is 1. The van der Waals surface area contributed by atoms with Crippen molar-refractivity contribution < 1.29 is 19.4 Å². The van der Waals surface area contributed by atoms with Gasteiger partial charge in [0.25, 0.3) is 6.47 Å². The lowest BCUT2D eigenvalue weighted by Crippen LogP contribution is -2.39. The van der Waals surface area contributed by atoms with Crippen LogP contribution >= 0.6 is 0 Å². The van der Waals surface area contributed by atoms with Gasteiger partial charge in [-0.3, -0.25) is 4.79 Å². The molecular weight excluding hydrogens is 354 g/mol. The fourth-order valence-electron chi connectivity index (χ4n) is 2.66. The fourth-order valence-corrected chi connectivity index (χ4v) is 2.66. The Balaban J connectivity index is 0.000000246. The second kappa shape index (κ2) is 12.5. The minimum atomic E-state index is -0.367. The maximum atomic E-state index is 11.5. The molecule has 0 bridgehead atoms. The van der Waals surface area contributed by atoms with E-state index in [4.69, 9.17) is 14.6 Å². The zero-order valence-electron chi connectivity index (χ0n) is 17.0. The van der Waals surface area contributed by atoms with Crippen LogP contribution in [0.2, 0.25) is 0 Å².